The summed E-state index contributed by atoms with van der Waals surface area (Å²) < 4.78 is 5.20. The van der Waals surface area contributed by atoms with Crippen molar-refractivity contribution in [3.63, 3.8) is 0 Å². The average Bonchev–Trinajstić information content (AvgIpc) is 2.41. The van der Waals surface area contributed by atoms with E-state index in [1.54, 1.807) is 0 Å². The molecule has 0 aliphatic heterocycles. The second-order valence-electron chi connectivity index (χ2n) is 4.50. The number of nitrogens with two attached hydrogens (primary N) is 1. The second kappa shape index (κ2) is 9.39. The van der Waals surface area contributed by atoms with Crippen LogP contribution in [0.3, 0.4) is 0 Å². The van der Waals surface area contributed by atoms with Crippen molar-refractivity contribution < 1.29 is 9.53 Å². The minimum Gasteiger partial charge on any atom is -0.399 e. The summed E-state index contributed by atoms with van der Waals surface area (Å²) in [6.45, 7) is 4.11. The van der Waals surface area contributed by atoms with Gasteiger partial charge in [0.2, 0.25) is 5.91 Å². The molecule has 0 atom stereocenters. The number of rotatable bonds is 9. The lowest BCUT2D eigenvalue weighted by Crippen LogP contribution is -2.25. The molecule has 0 radical (unpaired) electrons. The van der Waals surface area contributed by atoms with Gasteiger partial charge in [-0.1, -0.05) is 12.1 Å². The molecule has 0 fully saturated rings. The normalized spacial score (nSPS) is 10.4. The largest absolute Gasteiger partial charge is 0.399 e. The van der Waals surface area contributed by atoms with Crippen LogP contribution >= 0.6 is 0 Å². The number of carbonyl (C=O) groups excluding carboxylic acids is 1. The molecule has 0 bridgehead atoms. The molecule has 1 rings (SSSR count). The molecular weight excluding hydrogens is 240 g/mol. The molecule has 1 aromatic carbocycles. The van der Waals surface area contributed by atoms with E-state index >= 15 is 0 Å². The van der Waals surface area contributed by atoms with Gasteiger partial charge in [0.25, 0.3) is 0 Å². The highest BCUT2D eigenvalue weighted by molar-refractivity contribution is 5.75. The number of nitrogens with one attached hydrogen (secondary N) is 1. The van der Waals surface area contributed by atoms with E-state index in [1.807, 2.05) is 31.2 Å². The number of hydrogen-bond donors (Lipinski definition) is 2. The van der Waals surface area contributed by atoms with E-state index in [2.05, 4.69) is 5.32 Å². The van der Waals surface area contributed by atoms with Gasteiger partial charge in [-0.15, -0.1) is 0 Å². The topological polar surface area (TPSA) is 64.3 Å². The third-order valence-corrected chi connectivity index (χ3v) is 2.84. The summed E-state index contributed by atoms with van der Waals surface area (Å²) in [5.41, 5.74) is 7.61. The molecule has 1 amide bonds. The zero-order chi connectivity index (χ0) is 13.9. The summed E-state index contributed by atoms with van der Waals surface area (Å²) in [5, 5.41) is 2.90. The first-order valence-corrected chi connectivity index (χ1v) is 6.91. The third-order valence-electron chi connectivity index (χ3n) is 2.84. The Balaban J connectivity index is 2.05. The molecule has 0 saturated heterocycles. The van der Waals surface area contributed by atoms with Gasteiger partial charge in [0.1, 0.15) is 0 Å². The number of hydrogen-bond acceptors (Lipinski definition) is 3. The summed E-state index contributed by atoms with van der Waals surface area (Å²) in [6, 6.07) is 7.80. The fourth-order valence-corrected chi connectivity index (χ4v) is 1.77. The van der Waals surface area contributed by atoms with Crippen molar-refractivity contribution in [3.05, 3.63) is 29.8 Å². The zero-order valence-electron chi connectivity index (χ0n) is 11.7. The summed E-state index contributed by atoms with van der Waals surface area (Å²) in [7, 11) is 0. The summed E-state index contributed by atoms with van der Waals surface area (Å²) >= 11 is 0. The highest BCUT2D eigenvalue weighted by Crippen LogP contribution is 2.08. The highest BCUT2D eigenvalue weighted by atomic mass is 16.5. The van der Waals surface area contributed by atoms with Crippen LogP contribution in [0.1, 0.15) is 31.7 Å². The standard InChI is InChI=1S/C15H24N2O2/c1-2-19-12-4-11-17-15(18)6-3-5-13-7-9-14(16)10-8-13/h7-10H,2-6,11-12,16H2,1H3,(H,17,18). The van der Waals surface area contributed by atoms with Crippen LogP contribution in [-0.2, 0) is 16.0 Å². The number of aryl methyl sites for hydroxylation is 1. The Morgan fingerprint density at radius 3 is 2.68 bits per heavy atom. The molecule has 0 unspecified atom stereocenters. The second-order valence-corrected chi connectivity index (χ2v) is 4.50. The molecule has 0 saturated carbocycles. The van der Waals surface area contributed by atoms with Crippen LogP contribution in [0.4, 0.5) is 5.69 Å². The molecule has 1 aromatic rings. The summed E-state index contributed by atoms with van der Waals surface area (Å²) in [4.78, 5) is 11.5. The smallest absolute Gasteiger partial charge is 0.220 e. The lowest BCUT2D eigenvalue weighted by molar-refractivity contribution is -0.121. The molecule has 106 valence electrons. The van der Waals surface area contributed by atoms with Crippen LogP contribution in [0.5, 0.6) is 0 Å². The predicted molar refractivity (Wildman–Crippen MR) is 77.9 cm³/mol. The van der Waals surface area contributed by atoms with E-state index in [1.165, 1.54) is 5.56 Å². The minimum absolute atomic E-state index is 0.118. The monoisotopic (exact) mass is 264 g/mol. The molecule has 0 aliphatic rings. The van der Waals surface area contributed by atoms with Gasteiger partial charge >= 0.3 is 0 Å². The SMILES string of the molecule is CCOCCCNC(=O)CCCc1ccc(N)cc1. The Hall–Kier alpha value is -1.55. The highest BCUT2D eigenvalue weighted by Gasteiger charge is 2.01. The van der Waals surface area contributed by atoms with Crippen molar-refractivity contribution >= 4 is 11.6 Å². The van der Waals surface area contributed by atoms with Gasteiger partial charge in [-0.05, 0) is 43.9 Å². The van der Waals surface area contributed by atoms with Crippen molar-refractivity contribution in [1.29, 1.82) is 0 Å². The number of amides is 1. The number of anilines is 1. The number of ether oxygens (including phenoxy) is 1. The van der Waals surface area contributed by atoms with E-state index in [0.29, 0.717) is 19.6 Å². The molecule has 0 aromatic heterocycles. The minimum atomic E-state index is 0.118. The molecule has 4 nitrogen and oxygen atoms in total. The van der Waals surface area contributed by atoms with Crippen molar-refractivity contribution in [2.75, 3.05) is 25.5 Å². The Kier molecular flexibility index (Phi) is 7.66. The van der Waals surface area contributed by atoms with Crippen molar-refractivity contribution in [1.82, 2.24) is 5.32 Å². The van der Waals surface area contributed by atoms with Gasteiger partial charge in [0.05, 0.1) is 0 Å². The first kappa shape index (κ1) is 15.5. The van der Waals surface area contributed by atoms with Crippen LogP contribution < -0.4 is 11.1 Å². The van der Waals surface area contributed by atoms with Crippen LogP contribution in [0.15, 0.2) is 24.3 Å². The fourth-order valence-electron chi connectivity index (χ4n) is 1.77. The number of carbonyl (C=O) groups is 1. The van der Waals surface area contributed by atoms with Crippen molar-refractivity contribution in [2.24, 2.45) is 0 Å². The van der Waals surface area contributed by atoms with Crippen LogP contribution in [0, 0.1) is 0 Å². The predicted octanol–water partition coefficient (Wildman–Crippen LogP) is 2.13. The maximum atomic E-state index is 11.5. The van der Waals surface area contributed by atoms with Crippen molar-refractivity contribution in [3.8, 4) is 0 Å². The Morgan fingerprint density at radius 1 is 1.26 bits per heavy atom. The maximum Gasteiger partial charge on any atom is 0.220 e. The molecular formula is C15H24N2O2. The Morgan fingerprint density at radius 2 is 2.00 bits per heavy atom. The van der Waals surface area contributed by atoms with Gasteiger partial charge in [-0.3, -0.25) is 4.79 Å². The van der Waals surface area contributed by atoms with E-state index in [-0.39, 0.29) is 5.91 Å². The lowest BCUT2D eigenvalue weighted by Gasteiger charge is -2.05. The van der Waals surface area contributed by atoms with Gasteiger partial charge in [-0.25, -0.2) is 0 Å². The number of nitrogen functional groups attached to an aromatic ring is 1. The Bertz CT molecular complexity index is 363. The quantitative estimate of drug-likeness (QED) is 0.530. The van der Waals surface area contributed by atoms with Gasteiger partial charge < -0.3 is 15.8 Å². The molecule has 4 heteroatoms. The van der Waals surface area contributed by atoms with Crippen molar-refractivity contribution in [2.45, 2.75) is 32.6 Å². The Labute approximate surface area is 115 Å². The summed E-state index contributed by atoms with van der Waals surface area (Å²) in [5.74, 6) is 0.118. The van der Waals surface area contributed by atoms with E-state index < -0.39 is 0 Å². The van der Waals surface area contributed by atoms with Gasteiger partial charge in [-0.2, -0.15) is 0 Å². The van der Waals surface area contributed by atoms with Crippen LogP contribution in [0.25, 0.3) is 0 Å². The zero-order valence-corrected chi connectivity index (χ0v) is 11.7. The fraction of sp³-hybridized carbons (Fsp3) is 0.533. The molecule has 0 aliphatic carbocycles. The molecule has 3 N–H and O–H groups in total. The molecule has 0 heterocycles. The van der Waals surface area contributed by atoms with E-state index in [9.17, 15) is 4.79 Å². The first-order chi connectivity index (χ1) is 9.22. The van der Waals surface area contributed by atoms with E-state index in [4.69, 9.17) is 10.5 Å². The average molecular weight is 264 g/mol. The summed E-state index contributed by atoms with van der Waals surface area (Å²) in [6.07, 6.45) is 3.21. The molecule has 0 spiro atoms. The number of benzene rings is 1. The molecule has 19 heavy (non-hydrogen) atoms. The third kappa shape index (κ3) is 7.47. The lowest BCUT2D eigenvalue weighted by atomic mass is 10.1. The van der Waals surface area contributed by atoms with Gasteiger partial charge in [0, 0.05) is 31.9 Å². The maximum absolute atomic E-state index is 11.5. The van der Waals surface area contributed by atoms with Crippen LogP contribution in [-0.4, -0.2) is 25.7 Å². The van der Waals surface area contributed by atoms with Gasteiger partial charge in [0.15, 0.2) is 0 Å². The van der Waals surface area contributed by atoms with E-state index in [0.717, 1.165) is 31.6 Å². The van der Waals surface area contributed by atoms with Crippen LogP contribution in [0.2, 0.25) is 0 Å². The first-order valence-electron chi connectivity index (χ1n) is 6.91.